The molecule has 16 heavy (non-hydrogen) atoms. The fourth-order valence-corrected chi connectivity index (χ4v) is 1.62. The van der Waals surface area contributed by atoms with Crippen LogP contribution >= 0.6 is 0 Å². The summed E-state index contributed by atoms with van der Waals surface area (Å²) in [6.07, 6.45) is 1.78. The van der Waals surface area contributed by atoms with Crippen LogP contribution in [0.15, 0.2) is 30.5 Å². The summed E-state index contributed by atoms with van der Waals surface area (Å²) in [6, 6.07) is 7.55. The van der Waals surface area contributed by atoms with E-state index in [0.717, 1.165) is 11.4 Å². The third kappa shape index (κ3) is 2.46. The molecule has 0 saturated heterocycles. The first-order valence-corrected chi connectivity index (χ1v) is 5.25. The van der Waals surface area contributed by atoms with Crippen molar-refractivity contribution in [2.45, 2.75) is 19.4 Å². The summed E-state index contributed by atoms with van der Waals surface area (Å²) < 4.78 is 1.73. The highest BCUT2D eigenvalue weighted by atomic mass is 16.3. The standard InChI is InChI=1S/C12H15N3O/c1-9-4-3-5-11(13-9)12(16)8-10-6-7-15(2)14-10/h3-7,12,16H,8H2,1-2H3. The van der Waals surface area contributed by atoms with E-state index in [4.69, 9.17) is 0 Å². The lowest BCUT2D eigenvalue weighted by molar-refractivity contribution is 0.172. The highest BCUT2D eigenvalue weighted by molar-refractivity contribution is 5.14. The minimum Gasteiger partial charge on any atom is -0.386 e. The van der Waals surface area contributed by atoms with E-state index in [2.05, 4.69) is 10.1 Å². The second kappa shape index (κ2) is 4.45. The number of hydrogen-bond acceptors (Lipinski definition) is 3. The smallest absolute Gasteiger partial charge is 0.102 e. The molecule has 1 N–H and O–H groups in total. The Morgan fingerprint density at radius 3 is 2.81 bits per heavy atom. The highest BCUT2D eigenvalue weighted by Crippen LogP contribution is 2.15. The summed E-state index contributed by atoms with van der Waals surface area (Å²) in [7, 11) is 1.86. The van der Waals surface area contributed by atoms with Crippen molar-refractivity contribution in [1.82, 2.24) is 14.8 Å². The molecule has 2 aromatic heterocycles. The van der Waals surface area contributed by atoms with Crippen molar-refractivity contribution < 1.29 is 5.11 Å². The zero-order valence-corrected chi connectivity index (χ0v) is 9.46. The lowest BCUT2D eigenvalue weighted by Crippen LogP contribution is -2.05. The first kappa shape index (κ1) is 10.8. The van der Waals surface area contributed by atoms with Gasteiger partial charge < -0.3 is 5.11 Å². The summed E-state index contributed by atoms with van der Waals surface area (Å²) >= 11 is 0. The number of hydrogen-bond donors (Lipinski definition) is 1. The summed E-state index contributed by atoms with van der Waals surface area (Å²) in [5, 5.41) is 14.2. The Bertz CT molecular complexity index is 479. The third-order valence-electron chi connectivity index (χ3n) is 2.42. The monoisotopic (exact) mass is 217 g/mol. The van der Waals surface area contributed by atoms with E-state index in [0.29, 0.717) is 12.1 Å². The van der Waals surface area contributed by atoms with Crippen LogP contribution in [0.3, 0.4) is 0 Å². The largest absolute Gasteiger partial charge is 0.386 e. The normalized spacial score (nSPS) is 12.7. The van der Waals surface area contributed by atoms with Gasteiger partial charge in [0, 0.05) is 25.4 Å². The zero-order chi connectivity index (χ0) is 11.5. The van der Waals surface area contributed by atoms with Gasteiger partial charge in [0.2, 0.25) is 0 Å². The van der Waals surface area contributed by atoms with E-state index in [1.807, 2.05) is 44.4 Å². The molecule has 2 aromatic rings. The molecular formula is C12H15N3O. The number of rotatable bonds is 3. The fourth-order valence-electron chi connectivity index (χ4n) is 1.62. The van der Waals surface area contributed by atoms with Crippen molar-refractivity contribution in [2.24, 2.45) is 7.05 Å². The summed E-state index contributed by atoms with van der Waals surface area (Å²) in [5.41, 5.74) is 2.49. The maximum Gasteiger partial charge on any atom is 0.102 e. The molecule has 2 rings (SSSR count). The topological polar surface area (TPSA) is 50.9 Å². The molecule has 1 atom stereocenters. The number of aryl methyl sites for hydroxylation is 2. The minimum atomic E-state index is -0.588. The van der Waals surface area contributed by atoms with Gasteiger partial charge in [-0.05, 0) is 25.1 Å². The Balaban J connectivity index is 2.11. The van der Waals surface area contributed by atoms with Gasteiger partial charge in [-0.1, -0.05) is 6.07 Å². The van der Waals surface area contributed by atoms with Crippen molar-refractivity contribution >= 4 is 0 Å². The van der Waals surface area contributed by atoms with Gasteiger partial charge in [-0.15, -0.1) is 0 Å². The van der Waals surface area contributed by atoms with E-state index in [1.54, 1.807) is 4.68 Å². The molecule has 0 saturated carbocycles. The van der Waals surface area contributed by atoms with Gasteiger partial charge in [0.05, 0.1) is 11.4 Å². The van der Waals surface area contributed by atoms with Crippen LogP contribution in [-0.2, 0) is 13.5 Å². The Hall–Kier alpha value is -1.68. The van der Waals surface area contributed by atoms with E-state index >= 15 is 0 Å². The molecule has 0 amide bonds. The van der Waals surface area contributed by atoms with Gasteiger partial charge in [0.1, 0.15) is 6.10 Å². The molecule has 4 nitrogen and oxygen atoms in total. The number of pyridine rings is 1. The Labute approximate surface area is 94.6 Å². The molecule has 0 aliphatic heterocycles. The van der Waals surface area contributed by atoms with Crippen LogP contribution in [0.25, 0.3) is 0 Å². The Kier molecular flexibility index (Phi) is 3.01. The van der Waals surface area contributed by atoms with Gasteiger partial charge in [-0.2, -0.15) is 5.10 Å². The van der Waals surface area contributed by atoms with Crippen molar-refractivity contribution in [3.05, 3.63) is 47.5 Å². The number of aliphatic hydroxyl groups excluding tert-OH is 1. The number of aliphatic hydroxyl groups is 1. The van der Waals surface area contributed by atoms with Crippen LogP contribution in [0.1, 0.15) is 23.2 Å². The Morgan fingerprint density at radius 1 is 1.38 bits per heavy atom. The molecule has 1 unspecified atom stereocenters. The highest BCUT2D eigenvalue weighted by Gasteiger charge is 2.11. The van der Waals surface area contributed by atoms with Gasteiger partial charge in [-0.25, -0.2) is 0 Å². The van der Waals surface area contributed by atoms with Gasteiger partial charge in [0.15, 0.2) is 0 Å². The third-order valence-corrected chi connectivity index (χ3v) is 2.42. The Morgan fingerprint density at radius 2 is 2.19 bits per heavy atom. The molecule has 84 valence electrons. The lowest BCUT2D eigenvalue weighted by atomic mass is 10.1. The van der Waals surface area contributed by atoms with Gasteiger partial charge in [-0.3, -0.25) is 9.67 Å². The molecule has 0 fully saturated rings. The van der Waals surface area contributed by atoms with E-state index < -0.39 is 6.10 Å². The minimum absolute atomic E-state index is 0.497. The van der Waals surface area contributed by atoms with Crippen LogP contribution in [0.5, 0.6) is 0 Å². The summed E-state index contributed by atoms with van der Waals surface area (Å²) in [4.78, 5) is 4.29. The molecule has 2 heterocycles. The molecule has 0 aliphatic carbocycles. The lowest BCUT2D eigenvalue weighted by Gasteiger charge is -2.08. The SMILES string of the molecule is Cc1cccc(C(O)Cc2ccn(C)n2)n1. The maximum absolute atomic E-state index is 10.00. The van der Waals surface area contributed by atoms with Crippen molar-refractivity contribution in [1.29, 1.82) is 0 Å². The second-order valence-corrected chi connectivity index (χ2v) is 3.90. The quantitative estimate of drug-likeness (QED) is 0.845. The predicted molar refractivity (Wildman–Crippen MR) is 60.8 cm³/mol. The van der Waals surface area contributed by atoms with Crippen LogP contribution in [0, 0.1) is 6.92 Å². The van der Waals surface area contributed by atoms with Crippen molar-refractivity contribution in [3.8, 4) is 0 Å². The average molecular weight is 217 g/mol. The van der Waals surface area contributed by atoms with Crippen LogP contribution in [0.4, 0.5) is 0 Å². The molecule has 0 radical (unpaired) electrons. The zero-order valence-electron chi connectivity index (χ0n) is 9.46. The van der Waals surface area contributed by atoms with E-state index in [1.165, 1.54) is 0 Å². The van der Waals surface area contributed by atoms with Crippen molar-refractivity contribution in [2.75, 3.05) is 0 Å². The molecule has 0 spiro atoms. The summed E-state index contributed by atoms with van der Waals surface area (Å²) in [6.45, 7) is 1.91. The average Bonchev–Trinajstić information content (AvgIpc) is 2.64. The first-order valence-electron chi connectivity index (χ1n) is 5.25. The fraction of sp³-hybridized carbons (Fsp3) is 0.333. The summed E-state index contributed by atoms with van der Waals surface area (Å²) in [5.74, 6) is 0. The molecule has 0 aromatic carbocycles. The van der Waals surface area contributed by atoms with Gasteiger partial charge in [0.25, 0.3) is 0 Å². The van der Waals surface area contributed by atoms with Crippen LogP contribution in [-0.4, -0.2) is 19.9 Å². The van der Waals surface area contributed by atoms with E-state index in [-0.39, 0.29) is 0 Å². The molecular weight excluding hydrogens is 202 g/mol. The molecule has 0 bridgehead atoms. The number of nitrogens with zero attached hydrogens (tertiary/aromatic N) is 3. The predicted octanol–water partition coefficient (Wildman–Crippen LogP) is 1.40. The van der Waals surface area contributed by atoms with Crippen molar-refractivity contribution in [3.63, 3.8) is 0 Å². The van der Waals surface area contributed by atoms with Gasteiger partial charge >= 0.3 is 0 Å². The number of aromatic nitrogens is 3. The second-order valence-electron chi connectivity index (χ2n) is 3.90. The molecule has 0 aliphatic rings. The van der Waals surface area contributed by atoms with Crippen LogP contribution < -0.4 is 0 Å². The van der Waals surface area contributed by atoms with Crippen LogP contribution in [0.2, 0.25) is 0 Å². The first-order chi connectivity index (χ1) is 7.65. The molecule has 4 heteroatoms. The van der Waals surface area contributed by atoms with E-state index in [9.17, 15) is 5.11 Å². The maximum atomic E-state index is 10.00.